The predicted molar refractivity (Wildman–Crippen MR) is 81.4 cm³/mol. The van der Waals surface area contributed by atoms with Crippen molar-refractivity contribution < 1.29 is 0 Å². The van der Waals surface area contributed by atoms with Gasteiger partial charge >= 0.3 is 0 Å². The van der Waals surface area contributed by atoms with E-state index in [0.717, 1.165) is 19.0 Å². The molecule has 0 unspecified atom stereocenters. The molecule has 3 heteroatoms. The summed E-state index contributed by atoms with van der Waals surface area (Å²) in [4.78, 5) is 4.07. The smallest absolute Gasteiger partial charge is 0.0949 e. The van der Waals surface area contributed by atoms with Crippen molar-refractivity contribution in [3.8, 4) is 0 Å². The van der Waals surface area contributed by atoms with Gasteiger partial charge in [-0.15, -0.1) is 0 Å². The minimum absolute atomic E-state index is 0.709. The second-order valence-corrected chi connectivity index (χ2v) is 5.78. The van der Waals surface area contributed by atoms with Crippen LogP contribution in [-0.2, 0) is 13.1 Å². The number of hydrogen-bond donors (Lipinski definition) is 1. The zero-order valence-corrected chi connectivity index (χ0v) is 12.1. The van der Waals surface area contributed by atoms with Crippen LogP contribution in [0.3, 0.4) is 0 Å². The van der Waals surface area contributed by atoms with Crippen molar-refractivity contribution in [2.45, 2.75) is 45.3 Å². The number of hydrogen-bond acceptors (Lipinski definition) is 2. The number of aromatic nitrogens is 2. The fourth-order valence-corrected chi connectivity index (χ4v) is 2.75. The Morgan fingerprint density at radius 3 is 2.60 bits per heavy atom. The Hall–Kier alpha value is -1.61. The first-order valence-corrected chi connectivity index (χ1v) is 7.62. The highest BCUT2D eigenvalue weighted by atomic mass is 15.0. The van der Waals surface area contributed by atoms with Gasteiger partial charge in [0.2, 0.25) is 0 Å². The van der Waals surface area contributed by atoms with Crippen LogP contribution in [-0.4, -0.2) is 15.6 Å². The van der Waals surface area contributed by atoms with Gasteiger partial charge in [0.25, 0.3) is 0 Å². The summed E-state index contributed by atoms with van der Waals surface area (Å²) in [5, 5.41) is 3.70. The van der Waals surface area contributed by atoms with E-state index >= 15 is 0 Å². The molecule has 1 aromatic carbocycles. The zero-order valence-electron chi connectivity index (χ0n) is 12.1. The van der Waals surface area contributed by atoms with E-state index in [4.69, 9.17) is 0 Å². The molecule has 1 saturated carbocycles. The van der Waals surface area contributed by atoms with Crippen LogP contribution in [0.2, 0.25) is 0 Å². The van der Waals surface area contributed by atoms with E-state index in [2.05, 4.69) is 46.1 Å². The summed E-state index contributed by atoms with van der Waals surface area (Å²) in [5.74, 6) is 0.931. The SMILES string of the molecule is CC[C@H](NCc1ccc(Cn2ccnc2)cc1)C1CC1. The van der Waals surface area contributed by atoms with Crippen molar-refractivity contribution in [2.24, 2.45) is 5.92 Å². The zero-order chi connectivity index (χ0) is 13.8. The fraction of sp³-hybridized carbons (Fsp3) is 0.471. The molecule has 3 rings (SSSR count). The van der Waals surface area contributed by atoms with Crippen LogP contribution < -0.4 is 5.32 Å². The van der Waals surface area contributed by atoms with Crippen molar-refractivity contribution in [1.29, 1.82) is 0 Å². The third-order valence-corrected chi connectivity index (χ3v) is 4.15. The van der Waals surface area contributed by atoms with Crippen molar-refractivity contribution in [3.05, 3.63) is 54.1 Å². The fourth-order valence-electron chi connectivity index (χ4n) is 2.75. The maximum Gasteiger partial charge on any atom is 0.0949 e. The standard InChI is InChI=1S/C17H23N3/c1-2-17(16-7-8-16)19-11-14-3-5-15(6-4-14)12-20-10-9-18-13-20/h3-6,9-10,13,16-17,19H,2,7-8,11-12H2,1H3/t17-/m0/s1. The Bertz CT molecular complexity index is 512. The molecule has 0 radical (unpaired) electrons. The minimum atomic E-state index is 0.709. The first-order valence-electron chi connectivity index (χ1n) is 7.62. The Kier molecular flexibility index (Phi) is 4.16. The lowest BCUT2D eigenvalue weighted by atomic mass is 10.1. The van der Waals surface area contributed by atoms with E-state index in [-0.39, 0.29) is 0 Å². The lowest BCUT2D eigenvalue weighted by Crippen LogP contribution is -2.29. The monoisotopic (exact) mass is 269 g/mol. The minimum Gasteiger partial charge on any atom is -0.333 e. The molecule has 20 heavy (non-hydrogen) atoms. The Morgan fingerprint density at radius 2 is 2.00 bits per heavy atom. The summed E-state index contributed by atoms with van der Waals surface area (Å²) in [6.07, 6.45) is 9.74. The van der Waals surface area contributed by atoms with E-state index in [1.807, 2.05) is 18.7 Å². The molecule has 3 nitrogen and oxygen atoms in total. The molecule has 1 fully saturated rings. The van der Waals surface area contributed by atoms with Gasteiger partial charge in [0.1, 0.15) is 0 Å². The quantitative estimate of drug-likeness (QED) is 0.836. The average molecular weight is 269 g/mol. The maximum atomic E-state index is 4.07. The van der Waals surface area contributed by atoms with Gasteiger partial charge in [0, 0.05) is 31.5 Å². The van der Waals surface area contributed by atoms with E-state index in [0.29, 0.717) is 6.04 Å². The van der Waals surface area contributed by atoms with Crippen LogP contribution >= 0.6 is 0 Å². The molecule has 1 aromatic heterocycles. The molecule has 1 aliphatic rings. The van der Waals surface area contributed by atoms with Crippen molar-refractivity contribution in [2.75, 3.05) is 0 Å². The predicted octanol–water partition coefficient (Wildman–Crippen LogP) is 3.21. The van der Waals surface area contributed by atoms with Gasteiger partial charge in [-0.2, -0.15) is 0 Å². The molecule has 0 bridgehead atoms. The summed E-state index contributed by atoms with van der Waals surface area (Å²) in [6.45, 7) is 4.16. The lowest BCUT2D eigenvalue weighted by molar-refractivity contribution is 0.449. The van der Waals surface area contributed by atoms with Crippen LogP contribution in [0.25, 0.3) is 0 Å². The summed E-state index contributed by atoms with van der Waals surface area (Å²) >= 11 is 0. The van der Waals surface area contributed by atoms with Crippen LogP contribution in [0.5, 0.6) is 0 Å². The first kappa shape index (κ1) is 13.4. The number of nitrogens with one attached hydrogen (secondary N) is 1. The molecule has 0 saturated heterocycles. The normalized spacial score (nSPS) is 16.2. The molecule has 1 atom stereocenters. The molecule has 106 valence electrons. The summed E-state index contributed by atoms with van der Waals surface area (Å²) in [5.41, 5.74) is 2.69. The third kappa shape index (κ3) is 3.48. The van der Waals surface area contributed by atoms with Crippen molar-refractivity contribution in [3.63, 3.8) is 0 Å². The van der Waals surface area contributed by atoms with Crippen LogP contribution in [0.1, 0.15) is 37.3 Å². The molecule has 1 heterocycles. The molecular weight excluding hydrogens is 246 g/mol. The molecule has 1 N–H and O–H groups in total. The number of benzene rings is 1. The van der Waals surface area contributed by atoms with E-state index in [1.54, 1.807) is 0 Å². The average Bonchev–Trinajstić information content (AvgIpc) is 3.19. The topological polar surface area (TPSA) is 29.9 Å². The van der Waals surface area contributed by atoms with Gasteiger partial charge < -0.3 is 9.88 Å². The summed E-state index contributed by atoms with van der Waals surface area (Å²) < 4.78 is 2.09. The molecule has 0 aliphatic heterocycles. The van der Waals surface area contributed by atoms with Crippen molar-refractivity contribution >= 4 is 0 Å². The largest absolute Gasteiger partial charge is 0.333 e. The first-order chi connectivity index (χ1) is 9.85. The maximum absolute atomic E-state index is 4.07. The van der Waals surface area contributed by atoms with Gasteiger partial charge in [-0.05, 0) is 36.3 Å². The van der Waals surface area contributed by atoms with Gasteiger partial charge in [0.05, 0.1) is 6.33 Å². The second-order valence-electron chi connectivity index (χ2n) is 5.78. The molecule has 2 aromatic rings. The second kappa shape index (κ2) is 6.23. The highest BCUT2D eigenvalue weighted by Crippen LogP contribution is 2.33. The van der Waals surface area contributed by atoms with E-state index < -0.39 is 0 Å². The van der Waals surface area contributed by atoms with Gasteiger partial charge in [-0.3, -0.25) is 0 Å². The highest BCUT2D eigenvalue weighted by molar-refractivity contribution is 5.22. The number of rotatable bonds is 7. The van der Waals surface area contributed by atoms with E-state index in [1.165, 1.54) is 30.4 Å². The molecular formula is C17H23N3. The van der Waals surface area contributed by atoms with Crippen molar-refractivity contribution in [1.82, 2.24) is 14.9 Å². The number of nitrogens with zero attached hydrogens (tertiary/aromatic N) is 2. The van der Waals surface area contributed by atoms with Gasteiger partial charge in [0.15, 0.2) is 0 Å². The Labute approximate surface area is 121 Å². The van der Waals surface area contributed by atoms with Gasteiger partial charge in [-0.1, -0.05) is 31.2 Å². The van der Waals surface area contributed by atoms with Crippen LogP contribution in [0.15, 0.2) is 43.0 Å². The summed E-state index contributed by atoms with van der Waals surface area (Å²) in [7, 11) is 0. The molecule has 1 aliphatic carbocycles. The Morgan fingerprint density at radius 1 is 1.25 bits per heavy atom. The molecule has 0 spiro atoms. The van der Waals surface area contributed by atoms with Crippen LogP contribution in [0, 0.1) is 5.92 Å². The molecule has 0 amide bonds. The third-order valence-electron chi connectivity index (χ3n) is 4.15. The highest BCUT2D eigenvalue weighted by Gasteiger charge is 2.29. The van der Waals surface area contributed by atoms with Gasteiger partial charge in [-0.25, -0.2) is 4.98 Å². The summed E-state index contributed by atoms with van der Waals surface area (Å²) in [6, 6.07) is 9.61. The van der Waals surface area contributed by atoms with Crippen LogP contribution in [0.4, 0.5) is 0 Å². The van der Waals surface area contributed by atoms with E-state index in [9.17, 15) is 0 Å². The number of imidazole rings is 1. The Balaban J connectivity index is 1.53. The lowest BCUT2D eigenvalue weighted by Gasteiger charge is -2.16.